The summed E-state index contributed by atoms with van der Waals surface area (Å²) in [5.41, 5.74) is 1.15. The predicted molar refractivity (Wildman–Crippen MR) is 83.7 cm³/mol. The molecule has 0 aliphatic heterocycles. The van der Waals surface area contributed by atoms with Gasteiger partial charge in [0.2, 0.25) is 0 Å². The Morgan fingerprint density at radius 2 is 1.95 bits per heavy atom. The van der Waals surface area contributed by atoms with Crippen LogP contribution in [0.4, 0.5) is 0 Å². The van der Waals surface area contributed by atoms with Crippen molar-refractivity contribution in [2.45, 2.75) is 19.9 Å². The fourth-order valence-corrected chi connectivity index (χ4v) is 2.40. The van der Waals surface area contributed by atoms with Gasteiger partial charge in [-0.15, -0.1) is 0 Å². The van der Waals surface area contributed by atoms with Crippen molar-refractivity contribution in [3.05, 3.63) is 35.9 Å². The quantitative estimate of drug-likeness (QED) is 0.614. The smallest absolute Gasteiger partial charge is 0.191 e. The molecule has 20 heavy (non-hydrogen) atoms. The van der Waals surface area contributed by atoms with Gasteiger partial charge in [0.05, 0.1) is 11.8 Å². The van der Waals surface area contributed by atoms with Crippen molar-refractivity contribution in [3.63, 3.8) is 0 Å². The van der Waals surface area contributed by atoms with Crippen LogP contribution in [0, 0.1) is 0 Å². The highest BCUT2D eigenvalue weighted by atomic mass is 32.2. The second-order valence-corrected chi connectivity index (χ2v) is 6.98. The van der Waals surface area contributed by atoms with E-state index >= 15 is 0 Å². The number of aliphatic imine (C=N–C) groups is 1. The first kappa shape index (κ1) is 16.5. The summed E-state index contributed by atoms with van der Waals surface area (Å²) < 4.78 is 22.8. The molecule has 0 aliphatic rings. The van der Waals surface area contributed by atoms with Crippen LogP contribution < -0.4 is 10.6 Å². The molecule has 2 N–H and O–H groups in total. The Balaban J connectivity index is 2.48. The third kappa shape index (κ3) is 5.61. The van der Waals surface area contributed by atoms with Crippen LogP contribution in [0.5, 0.6) is 0 Å². The normalized spacial score (nSPS) is 13.8. The summed E-state index contributed by atoms with van der Waals surface area (Å²) in [5, 5.41) is 6.25. The average molecular weight is 297 g/mol. The standard InChI is InChI=1S/C14H23N3O2S/c1-4-20(18,19)11-10-16-14(15-3)17-12(2)13-8-6-5-7-9-13/h5-9,12H,4,10-11H2,1-3H3,(H2,15,16,17). The van der Waals surface area contributed by atoms with Gasteiger partial charge in [-0.1, -0.05) is 37.3 Å². The number of rotatable bonds is 6. The van der Waals surface area contributed by atoms with Crippen LogP contribution in [0.25, 0.3) is 0 Å². The van der Waals surface area contributed by atoms with Gasteiger partial charge < -0.3 is 10.6 Å². The predicted octanol–water partition coefficient (Wildman–Crippen LogP) is 1.35. The molecule has 1 rings (SSSR count). The minimum Gasteiger partial charge on any atom is -0.355 e. The number of sulfone groups is 1. The molecule has 0 aliphatic carbocycles. The second kappa shape index (κ2) is 7.89. The minimum atomic E-state index is -2.95. The van der Waals surface area contributed by atoms with Crippen LogP contribution in [0.3, 0.4) is 0 Å². The van der Waals surface area contributed by atoms with E-state index in [1.807, 2.05) is 37.3 Å². The molecule has 5 nitrogen and oxygen atoms in total. The zero-order valence-corrected chi connectivity index (χ0v) is 13.1. The van der Waals surface area contributed by atoms with E-state index in [4.69, 9.17) is 0 Å². The van der Waals surface area contributed by atoms with Gasteiger partial charge in [-0.25, -0.2) is 8.42 Å². The van der Waals surface area contributed by atoms with Crippen molar-refractivity contribution in [2.75, 3.05) is 25.1 Å². The first-order valence-electron chi connectivity index (χ1n) is 6.71. The maximum Gasteiger partial charge on any atom is 0.191 e. The minimum absolute atomic E-state index is 0.102. The largest absolute Gasteiger partial charge is 0.355 e. The zero-order chi connectivity index (χ0) is 15.0. The van der Waals surface area contributed by atoms with Gasteiger partial charge in [-0.2, -0.15) is 0 Å². The first-order chi connectivity index (χ1) is 9.48. The van der Waals surface area contributed by atoms with Crippen LogP contribution in [0.2, 0.25) is 0 Å². The fourth-order valence-electron chi connectivity index (χ4n) is 1.69. The Kier molecular flexibility index (Phi) is 6.51. The van der Waals surface area contributed by atoms with Gasteiger partial charge in [0, 0.05) is 19.3 Å². The van der Waals surface area contributed by atoms with E-state index in [-0.39, 0.29) is 17.5 Å². The molecular formula is C14H23N3O2S. The van der Waals surface area contributed by atoms with Crippen LogP contribution in [0.15, 0.2) is 35.3 Å². The molecule has 1 aromatic carbocycles. The molecule has 112 valence electrons. The van der Waals surface area contributed by atoms with Crippen LogP contribution in [-0.4, -0.2) is 39.5 Å². The van der Waals surface area contributed by atoms with Gasteiger partial charge in [-0.3, -0.25) is 4.99 Å². The van der Waals surface area contributed by atoms with E-state index in [0.29, 0.717) is 12.5 Å². The van der Waals surface area contributed by atoms with Crippen molar-refractivity contribution < 1.29 is 8.42 Å². The summed E-state index contributed by atoms with van der Waals surface area (Å²) in [6.07, 6.45) is 0. The summed E-state index contributed by atoms with van der Waals surface area (Å²) in [6.45, 7) is 4.04. The van der Waals surface area contributed by atoms with E-state index in [1.165, 1.54) is 0 Å². The van der Waals surface area contributed by atoms with Crippen LogP contribution >= 0.6 is 0 Å². The Hall–Kier alpha value is -1.56. The monoisotopic (exact) mass is 297 g/mol. The number of nitrogens with zero attached hydrogens (tertiary/aromatic N) is 1. The number of benzene rings is 1. The maximum atomic E-state index is 11.4. The number of hydrogen-bond acceptors (Lipinski definition) is 3. The summed E-state index contributed by atoms with van der Waals surface area (Å²) in [7, 11) is -1.28. The molecule has 0 spiro atoms. The van der Waals surface area contributed by atoms with Gasteiger partial charge in [0.25, 0.3) is 0 Å². The zero-order valence-electron chi connectivity index (χ0n) is 12.3. The highest BCUT2D eigenvalue weighted by molar-refractivity contribution is 7.91. The summed E-state index contributed by atoms with van der Waals surface area (Å²) in [6, 6.07) is 10.1. The topological polar surface area (TPSA) is 70.6 Å². The maximum absolute atomic E-state index is 11.4. The molecule has 0 saturated carbocycles. The van der Waals surface area contributed by atoms with E-state index in [0.717, 1.165) is 5.56 Å². The fraction of sp³-hybridized carbons (Fsp3) is 0.500. The lowest BCUT2D eigenvalue weighted by molar-refractivity contribution is 0.595. The molecular weight excluding hydrogens is 274 g/mol. The van der Waals surface area contributed by atoms with Crippen molar-refractivity contribution in [1.82, 2.24) is 10.6 Å². The van der Waals surface area contributed by atoms with Gasteiger partial charge in [-0.05, 0) is 12.5 Å². The van der Waals surface area contributed by atoms with Gasteiger partial charge in [0.15, 0.2) is 15.8 Å². The highest BCUT2D eigenvalue weighted by Gasteiger charge is 2.09. The van der Waals surface area contributed by atoms with E-state index in [9.17, 15) is 8.42 Å². The lowest BCUT2D eigenvalue weighted by Gasteiger charge is -2.18. The third-order valence-corrected chi connectivity index (χ3v) is 4.73. The van der Waals surface area contributed by atoms with Crippen molar-refractivity contribution >= 4 is 15.8 Å². The number of nitrogens with one attached hydrogen (secondary N) is 2. The SMILES string of the molecule is CCS(=O)(=O)CCNC(=NC)NC(C)c1ccccc1. The highest BCUT2D eigenvalue weighted by Crippen LogP contribution is 2.10. The summed E-state index contributed by atoms with van der Waals surface area (Å²) in [4.78, 5) is 4.10. The lowest BCUT2D eigenvalue weighted by atomic mass is 10.1. The lowest BCUT2D eigenvalue weighted by Crippen LogP contribution is -2.40. The molecule has 1 aromatic rings. The second-order valence-electron chi connectivity index (χ2n) is 4.51. The molecule has 0 fully saturated rings. The third-order valence-electron chi connectivity index (χ3n) is 3.02. The van der Waals surface area contributed by atoms with Crippen molar-refractivity contribution in [2.24, 2.45) is 4.99 Å². The molecule has 1 unspecified atom stereocenters. The molecule has 0 bridgehead atoms. The van der Waals surface area contributed by atoms with Gasteiger partial charge in [0.1, 0.15) is 0 Å². The Morgan fingerprint density at radius 3 is 2.50 bits per heavy atom. The Bertz CT molecular complexity index is 527. The molecule has 0 amide bonds. The summed E-state index contributed by atoms with van der Waals surface area (Å²) >= 11 is 0. The van der Waals surface area contributed by atoms with Crippen LogP contribution in [0.1, 0.15) is 25.5 Å². The summed E-state index contributed by atoms with van der Waals surface area (Å²) in [5.74, 6) is 0.887. The Morgan fingerprint density at radius 1 is 1.30 bits per heavy atom. The van der Waals surface area contributed by atoms with Gasteiger partial charge >= 0.3 is 0 Å². The van der Waals surface area contributed by atoms with Crippen LogP contribution in [-0.2, 0) is 9.84 Å². The Labute approximate surface area is 121 Å². The molecule has 0 heterocycles. The molecule has 0 aromatic heterocycles. The molecule has 6 heteroatoms. The van der Waals surface area contributed by atoms with E-state index in [1.54, 1.807) is 14.0 Å². The van der Waals surface area contributed by atoms with E-state index < -0.39 is 9.84 Å². The molecule has 0 saturated heterocycles. The first-order valence-corrected chi connectivity index (χ1v) is 8.53. The van der Waals surface area contributed by atoms with Crippen molar-refractivity contribution in [3.8, 4) is 0 Å². The average Bonchev–Trinajstić information content (AvgIpc) is 2.46. The van der Waals surface area contributed by atoms with Crippen molar-refractivity contribution in [1.29, 1.82) is 0 Å². The number of hydrogen-bond donors (Lipinski definition) is 2. The molecule has 0 radical (unpaired) electrons. The molecule has 1 atom stereocenters. The number of guanidine groups is 1. The van der Waals surface area contributed by atoms with E-state index in [2.05, 4.69) is 15.6 Å².